The summed E-state index contributed by atoms with van der Waals surface area (Å²) in [5.41, 5.74) is 13.3. The Balaban J connectivity index is 1.04. The van der Waals surface area contributed by atoms with Gasteiger partial charge < -0.3 is 4.90 Å². The van der Waals surface area contributed by atoms with Crippen molar-refractivity contribution in [2.75, 3.05) is 4.90 Å². The highest BCUT2D eigenvalue weighted by Gasteiger charge is 2.21. The smallest absolute Gasteiger partial charge is 0.0640 e. The molecule has 0 amide bonds. The standard InChI is InChI=1S/C54H35NS2/c1-4-13-36(14-5-1)37-23-28-42(29-24-37)55(49-34-33-44(39-15-6-2-7-16-39)52-48-19-10-11-22-50(48)56-54(49)52)43-30-25-38(26-31-43)41-27-32-46-47-21-12-20-45(40-17-8-3-9-18-40)53(47)57-51(46)35-41/h1-35H. The summed E-state index contributed by atoms with van der Waals surface area (Å²) < 4.78 is 5.21. The van der Waals surface area contributed by atoms with Crippen LogP contribution in [0.2, 0.25) is 0 Å². The molecule has 3 heteroatoms. The first kappa shape index (κ1) is 33.5. The first-order valence-corrected chi connectivity index (χ1v) is 21.0. The highest BCUT2D eigenvalue weighted by molar-refractivity contribution is 7.27. The molecule has 0 aliphatic rings. The summed E-state index contributed by atoms with van der Waals surface area (Å²) in [5.74, 6) is 0. The number of fused-ring (bicyclic) bond motifs is 6. The Morgan fingerprint density at radius 3 is 1.51 bits per heavy atom. The van der Waals surface area contributed by atoms with E-state index in [0.29, 0.717) is 0 Å². The molecule has 1 nitrogen and oxygen atoms in total. The van der Waals surface area contributed by atoms with Crippen LogP contribution in [0.5, 0.6) is 0 Å². The van der Waals surface area contributed by atoms with Crippen molar-refractivity contribution in [1.29, 1.82) is 0 Å². The van der Waals surface area contributed by atoms with Gasteiger partial charge in [-0.1, -0.05) is 170 Å². The lowest BCUT2D eigenvalue weighted by molar-refractivity contribution is 1.30. The Morgan fingerprint density at radius 2 is 0.825 bits per heavy atom. The molecule has 268 valence electrons. The summed E-state index contributed by atoms with van der Waals surface area (Å²) >= 11 is 3.77. The zero-order valence-corrected chi connectivity index (χ0v) is 32.6. The molecule has 11 aromatic rings. The molecule has 0 saturated carbocycles. The summed E-state index contributed by atoms with van der Waals surface area (Å²) in [6, 6.07) is 77.4. The monoisotopic (exact) mass is 761 g/mol. The van der Waals surface area contributed by atoms with Gasteiger partial charge in [0.15, 0.2) is 0 Å². The second kappa shape index (κ2) is 14.1. The van der Waals surface area contributed by atoms with Gasteiger partial charge in [-0.25, -0.2) is 0 Å². The Morgan fingerprint density at radius 1 is 0.298 bits per heavy atom. The van der Waals surface area contributed by atoms with Gasteiger partial charge in [-0.15, -0.1) is 22.7 Å². The van der Waals surface area contributed by atoms with E-state index in [9.17, 15) is 0 Å². The second-order valence-electron chi connectivity index (χ2n) is 14.5. The van der Waals surface area contributed by atoms with Crippen LogP contribution in [0, 0.1) is 0 Å². The molecule has 2 aromatic heterocycles. The third-order valence-corrected chi connectivity index (χ3v) is 13.5. The molecule has 57 heavy (non-hydrogen) atoms. The van der Waals surface area contributed by atoms with Crippen LogP contribution in [-0.2, 0) is 0 Å². The van der Waals surface area contributed by atoms with Gasteiger partial charge >= 0.3 is 0 Å². The molecule has 0 N–H and O–H groups in total. The lowest BCUT2D eigenvalue weighted by Gasteiger charge is -2.27. The van der Waals surface area contributed by atoms with Crippen molar-refractivity contribution >= 4 is 80.1 Å². The minimum atomic E-state index is 1.12. The molecule has 0 radical (unpaired) electrons. The van der Waals surface area contributed by atoms with Crippen LogP contribution in [0.3, 0.4) is 0 Å². The molecule has 9 aromatic carbocycles. The van der Waals surface area contributed by atoms with Gasteiger partial charge in [-0.05, 0) is 87.0 Å². The Hall–Kier alpha value is -6.78. The molecule has 0 spiro atoms. The molecule has 0 saturated heterocycles. The second-order valence-corrected chi connectivity index (χ2v) is 16.6. The van der Waals surface area contributed by atoms with Crippen LogP contribution >= 0.6 is 22.7 Å². The highest BCUT2D eigenvalue weighted by Crippen LogP contribution is 2.49. The van der Waals surface area contributed by atoms with Crippen LogP contribution < -0.4 is 4.90 Å². The lowest BCUT2D eigenvalue weighted by atomic mass is 9.98. The Labute approximate surface area is 340 Å². The number of anilines is 3. The molecule has 0 fully saturated rings. The van der Waals surface area contributed by atoms with Gasteiger partial charge in [0.05, 0.1) is 10.4 Å². The normalized spacial score (nSPS) is 11.5. The fourth-order valence-corrected chi connectivity index (χ4v) is 10.8. The molecular weight excluding hydrogens is 727 g/mol. The van der Waals surface area contributed by atoms with Crippen LogP contribution in [0.15, 0.2) is 212 Å². The van der Waals surface area contributed by atoms with Gasteiger partial charge in [0.2, 0.25) is 0 Å². The summed E-state index contributed by atoms with van der Waals surface area (Å²) in [6.07, 6.45) is 0. The predicted octanol–water partition coefficient (Wildman–Crippen LogP) is 16.6. The summed E-state index contributed by atoms with van der Waals surface area (Å²) in [5, 5.41) is 5.22. The van der Waals surface area contributed by atoms with E-state index in [1.54, 1.807) is 0 Å². The van der Waals surface area contributed by atoms with Gasteiger partial charge in [0.25, 0.3) is 0 Å². The van der Waals surface area contributed by atoms with Crippen LogP contribution in [0.25, 0.3) is 84.9 Å². The molecular formula is C54H35NS2. The third kappa shape index (κ3) is 5.91. The molecule has 11 rings (SSSR count). The highest BCUT2D eigenvalue weighted by atomic mass is 32.1. The predicted molar refractivity (Wildman–Crippen MR) is 249 cm³/mol. The largest absolute Gasteiger partial charge is 0.309 e. The van der Waals surface area contributed by atoms with Gasteiger partial charge in [0, 0.05) is 47.0 Å². The van der Waals surface area contributed by atoms with Gasteiger partial charge in [-0.2, -0.15) is 0 Å². The zero-order chi connectivity index (χ0) is 37.7. The van der Waals surface area contributed by atoms with Crippen molar-refractivity contribution in [3.8, 4) is 44.5 Å². The summed E-state index contributed by atoms with van der Waals surface area (Å²) in [6.45, 7) is 0. The number of benzene rings is 9. The minimum Gasteiger partial charge on any atom is -0.309 e. The molecule has 0 aliphatic heterocycles. The van der Waals surface area contributed by atoms with Gasteiger partial charge in [-0.3, -0.25) is 0 Å². The number of hydrogen-bond acceptors (Lipinski definition) is 3. The molecule has 0 unspecified atom stereocenters. The fraction of sp³-hybridized carbons (Fsp3) is 0. The zero-order valence-electron chi connectivity index (χ0n) is 31.0. The van der Waals surface area contributed by atoms with Crippen molar-refractivity contribution in [2.45, 2.75) is 0 Å². The van der Waals surface area contributed by atoms with E-state index in [0.717, 1.165) is 11.4 Å². The third-order valence-electron chi connectivity index (χ3n) is 11.1. The maximum atomic E-state index is 2.44. The van der Waals surface area contributed by atoms with Crippen molar-refractivity contribution in [2.24, 2.45) is 0 Å². The van der Waals surface area contributed by atoms with Crippen molar-refractivity contribution in [1.82, 2.24) is 0 Å². The lowest BCUT2D eigenvalue weighted by Crippen LogP contribution is -2.10. The average Bonchev–Trinajstić information content (AvgIpc) is 3.87. The van der Waals surface area contributed by atoms with E-state index < -0.39 is 0 Å². The van der Waals surface area contributed by atoms with Gasteiger partial charge in [0.1, 0.15) is 0 Å². The average molecular weight is 762 g/mol. The molecule has 2 heterocycles. The van der Waals surface area contributed by atoms with E-state index in [4.69, 9.17) is 0 Å². The van der Waals surface area contributed by atoms with Crippen LogP contribution in [-0.4, -0.2) is 0 Å². The van der Waals surface area contributed by atoms with Crippen LogP contribution in [0.1, 0.15) is 0 Å². The topological polar surface area (TPSA) is 3.24 Å². The van der Waals surface area contributed by atoms with Crippen molar-refractivity contribution < 1.29 is 0 Å². The number of rotatable bonds is 7. The number of thiophene rings is 2. The van der Waals surface area contributed by atoms with E-state index in [1.165, 1.54) is 90.5 Å². The van der Waals surface area contributed by atoms with Crippen LogP contribution in [0.4, 0.5) is 17.1 Å². The Kier molecular flexibility index (Phi) is 8.28. The molecule has 0 bridgehead atoms. The van der Waals surface area contributed by atoms with E-state index >= 15 is 0 Å². The van der Waals surface area contributed by atoms with Crippen molar-refractivity contribution in [3.63, 3.8) is 0 Å². The summed E-state index contributed by atoms with van der Waals surface area (Å²) in [7, 11) is 0. The number of hydrogen-bond donors (Lipinski definition) is 0. The maximum Gasteiger partial charge on any atom is 0.0640 e. The summed E-state index contributed by atoms with van der Waals surface area (Å²) in [4.78, 5) is 2.44. The first-order valence-electron chi connectivity index (χ1n) is 19.3. The molecule has 0 atom stereocenters. The Bertz CT molecular complexity index is 3200. The first-order chi connectivity index (χ1) is 28.3. The number of nitrogens with zero attached hydrogens (tertiary/aromatic N) is 1. The van der Waals surface area contributed by atoms with E-state index in [2.05, 4.69) is 217 Å². The fourth-order valence-electron chi connectivity index (χ4n) is 8.34. The minimum absolute atomic E-state index is 1.12. The van der Waals surface area contributed by atoms with Crippen molar-refractivity contribution in [3.05, 3.63) is 212 Å². The SMILES string of the molecule is c1ccc(-c2ccc(N(c3ccc(-c4ccc5c(c4)sc4c(-c6ccccc6)cccc45)cc3)c3ccc(-c4ccccc4)c4c3sc3ccccc34)cc2)cc1. The van der Waals surface area contributed by atoms with E-state index in [1.807, 2.05) is 22.7 Å². The van der Waals surface area contributed by atoms with E-state index in [-0.39, 0.29) is 0 Å². The maximum absolute atomic E-state index is 2.44. The molecule has 0 aliphatic carbocycles. The quantitative estimate of drug-likeness (QED) is 0.156.